The lowest BCUT2D eigenvalue weighted by Crippen LogP contribution is -2.41. The van der Waals surface area contributed by atoms with Crippen LogP contribution < -0.4 is 15.4 Å². The highest BCUT2D eigenvalue weighted by molar-refractivity contribution is 6.32. The fourth-order valence-electron chi connectivity index (χ4n) is 1.64. The molecule has 1 aliphatic rings. The summed E-state index contributed by atoms with van der Waals surface area (Å²) in [4.78, 5) is 11.6. The van der Waals surface area contributed by atoms with Crippen LogP contribution >= 0.6 is 11.6 Å². The van der Waals surface area contributed by atoms with Gasteiger partial charge < -0.3 is 15.4 Å². The topological polar surface area (TPSA) is 50.4 Å². The van der Waals surface area contributed by atoms with Crippen molar-refractivity contribution in [1.29, 1.82) is 0 Å². The summed E-state index contributed by atoms with van der Waals surface area (Å²) in [5.41, 5.74) is 0.670. The average Bonchev–Trinajstić information content (AvgIpc) is 2.26. The number of urea groups is 1. The van der Waals surface area contributed by atoms with Crippen LogP contribution in [0.4, 0.5) is 10.5 Å². The largest absolute Gasteiger partial charge is 0.495 e. The molecule has 4 nitrogen and oxygen atoms in total. The predicted molar refractivity (Wildman–Crippen MR) is 67.8 cm³/mol. The Morgan fingerprint density at radius 2 is 2.24 bits per heavy atom. The molecule has 0 spiro atoms. The minimum absolute atomic E-state index is 0.181. The average molecular weight is 255 g/mol. The van der Waals surface area contributed by atoms with E-state index in [1.165, 1.54) is 6.42 Å². The monoisotopic (exact) mass is 254 g/mol. The van der Waals surface area contributed by atoms with Crippen molar-refractivity contribution in [1.82, 2.24) is 5.32 Å². The van der Waals surface area contributed by atoms with Gasteiger partial charge in [0.1, 0.15) is 5.75 Å². The lowest BCUT2D eigenvalue weighted by atomic mass is 9.93. The summed E-state index contributed by atoms with van der Waals surface area (Å²) in [6.07, 6.45) is 3.33. The molecule has 0 bridgehead atoms. The summed E-state index contributed by atoms with van der Waals surface area (Å²) >= 11 is 5.90. The molecular formula is C12H15ClN2O2. The van der Waals surface area contributed by atoms with Crippen LogP contribution in [0.2, 0.25) is 5.02 Å². The maximum atomic E-state index is 11.6. The van der Waals surface area contributed by atoms with Gasteiger partial charge in [0.2, 0.25) is 0 Å². The molecule has 1 fully saturated rings. The first-order chi connectivity index (χ1) is 8.19. The number of nitrogens with one attached hydrogen (secondary N) is 2. The first-order valence-electron chi connectivity index (χ1n) is 5.60. The van der Waals surface area contributed by atoms with Crippen LogP contribution in [0.3, 0.4) is 0 Å². The predicted octanol–water partition coefficient (Wildman–Crippen LogP) is 3.02. The second-order valence-electron chi connectivity index (χ2n) is 4.08. The van der Waals surface area contributed by atoms with Crippen molar-refractivity contribution in [3.63, 3.8) is 0 Å². The smallest absolute Gasteiger partial charge is 0.319 e. The zero-order chi connectivity index (χ0) is 12.3. The number of carbonyl (C=O) groups is 1. The highest BCUT2D eigenvalue weighted by Gasteiger charge is 2.19. The van der Waals surface area contributed by atoms with Crippen LogP contribution in [0, 0.1) is 0 Å². The van der Waals surface area contributed by atoms with Crippen LogP contribution in [0.1, 0.15) is 19.3 Å². The first kappa shape index (κ1) is 12.0. The molecule has 5 heteroatoms. The number of ether oxygens (including phenoxy) is 1. The Morgan fingerprint density at radius 1 is 1.47 bits per heavy atom. The van der Waals surface area contributed by atoms with Crippen LogP contribution in [0.5, 0.6) is 5.75 Å². The Morgan fingerprint density at radius 3 is 2.82 bits per heavy atom. The van der Waals surface area contributed by atoms with Gasteiger partial charge in [0.15, 0.2) is 0 Å². The molecule has 1 aliphatic carbocycles. The summed E-state index contributed by atoms with van der Waals surface area (Å²) < 4.78 is 5.08. The van der Waals surface area contributed by atoms with Gasteiger partial charge in [-0.3, -0.25) is 0 Å². The van der Waals surface area contributed by atoms with Crippen LogP contribution in [0.15, 0.2) is 18.2 Å². The number of hydrogen-bond donors (Lipinski definition) is 2. The van der Waals surface area contributed by atoms with Crippen molar-refractivity contribution in [2.75, 3.05) is 12.4 Å². The molecule has 0 atom stereocenters. The Hall–Kier alpha value is -1.42. The van der Waals surface area contributed by atoms with Crippen molar-refractivity contribution in [3.05, 3.63) is 23.2 Å². The van der Waals surface area contributed by atoms with Crippen LogP contribution in [-0.2, 0) is 0 Å². The molecule has 2 N–H and O–H groups in total. The first-order valence-corrected chi connectivity index (χ1v) is 5.98. The Balaban J connectivity index is 1.95. The second-order valence-corrected chi connectivity index (χ2v) is 4.48. The maximum Gasteiger partial charge on any atom is 0.319 e. The minimum Gasteiger partial charge on any atom is -0.495 e. The van der Waals surface area contributed by atoms with Gasteiger partial charge in [0.25, 0.3) is 0 Å². The van der Waals surface area contributed by atoms with Gasteiger partial charge in [-0.15, -0.1) is 0 Å². The highest BCUT2D eigenvalue weighted by atomic mass is 35.5. The highest BCUT2D eigenvalue weighted by Crippen LogP contribution is 2.27. The van der Waals surface area contributed by atoms with E-state index in [9.17, 15) is 4.79 Å². The molecule has 1 aromatic rings. The number of benzene rings is 1. The van der Waals surface area contributed by atoms with E-state index < -0.39 is 0 Å². The van der Waals surface area contributed by atoms with E-state index in [2.05, 4.69) is 10.6 Å². The standard InChI is InChI=1S/C12H15ClN2O2/c1-17-11-7-9(5-6-10(11)13)15-12(16)14-8-3-2-4-8/h5-8H,2-4H2,1H3,(H2,14,15,16). The fourth-order valence-corrected chi connectivity index (χ4v) is 1.84. The van der Waals surface area contributed by atoms with Crippen molar-refractivity contribution < 1.29 is 9.53 Å². The number of anilines is 1. The van der Waals surface area contributed by atoms with Gasteiger partial charge in [-0.1, -0.05) is 11.6 Å². The Labute approximate surface area is 105 Å². The number of rotatable bonds is 3. The summed E-state index contributed by atoms with van der Waals surface area (Å²) in [5, 5.41) is 6.17. The zero-order valence-electron chi connectivity index (χ0n) is 9.63. The van der Waals surface area contributed by atoms with E-state index in [1.807, 2.05) is 0 Å². The SMILES string of the molecule is COc1cc(NC(=O)NC2CCC2)ccc1Cl. The van der Waals surface area contributed by atoms with E-state index in [0.29, 0.717) is 22.5 Å². The van der Waals surface area contributed by atoms with Crippen LogP contribution in [-0.4, -0.2) is 19.2 Å². The number of halogens is 1. The molecule has 17 heavy (non-hydrogen) atoms. The fraction of sp³-hybridized carbons (Fsp3) is 0.417. The molecule has 0 aliphatic heterocycles. The van der Waals surface area contributed by atoms with E-state index in [0.717, 1.165) is 12.8 Å². The van der Waals surface area contributed by atoms with Crippen molar-refractivity contribution in [2.24, 2.45) is 0 Å². The van der Waals surface area contributed by atoms with Gasteiger partial charge in [0, 0.05) is 17.8 Å². The number of amides is 2. The molecule has 0 radical (unpaired) electrons. The molecular weight excluding hydrogens is 240 g/mol. The van der Waals surface area contributed by atoms with Crippen molar-refractivity contribution >= 4 is 23.3 Å². The molecule has 2 amide bonds. The molecule has 0 aromatic heterocycles. The third-order valence-electron chi connectivity index (χ3n) is 2.85. The van der Waals surface area contributed by atoms with Crippen molar-refractivity contribution in [2.45, 2.75) is 25.3 Å². The van der Waals surface area contributed by atoms with Crippen LogP contribution in [0.25, 0.3) is 0 Å². The number of methoxy groups -OCH3 is 1. The molecule has 2 rings (SSSR count). The molecule has 1 aromatic carbocycles. The zero-order valence-corrected chi connectivity index (χ0v) is 10.4. The summed E-state index contributed by atoms with van der Waals surface area (Å²) in [5.74, 6) is 0.549. The van der Waals surface area contributed by atoms with E-state index in [-0.39, 0.29) is 6.03 Å². The molecule has 92 valence electrons. The van der Waals surface area contributed by atoms with E-state index in [1.54, 1.807) is 25.3 Å². The number of carbonyl (C=O) groups excluding carboxylic acids is 1. The number of hydrogen-bond acceptors (Lipinski definition) is 2. The summed E-state index contributed by atoms with van der Waals surface area (Å²) in [6.45, 7) is 0. The Kier molecular flexibility index (Phi) is 3.74. The normalized spacial score (nSPS) is 14.9. The summed E-state index contributed by atoms with van der Waals surface area (Å²) in [6, 6.07) is 5.27. The lowest BCUT2D eigenvalue weighted by Gasteiger charge is -2.26. The van der Waals surface area contributed by atoms with Gasteiger partial charge in [-0.2, -0.15) is 0 Å². The molecule has 0 saturated heterocycles. The summed E-state index contributed by atoms with van der Waals surface area (Å²) in [7, 11) is 1.54. The second kappa shape index (κ2) is 5.27. The quantitative estimate of drug-likeness (QED) is 0.871. The minimum atomic E-state index is -0.181. The van der Waals surface area contributed by atoms with E-state index >= 15 is 0 Å². The third-order valence-corrected chi connectivity index (χ3v) is 3.16. The lowest BCUT2D eigenvalue weighted by molar-refractivity contribution is 0.240. The van der Waals surface area contributed by atoms with Gasteiger partial charge >= 0.3 is 6.03 Å². The van der Waals surface area contributed by atoms with E-state index in [4.69, 9.17) is 16.3 Å². The molecule has 0 unspecified atom stereocenters. The Bertz CT molecular complexity index is 419. The molecule has 1 saturated carbocycles. The maximum absolute atomic E-state index is 11.6. The van der Waals surface area contributed by atoms with Crippen molar-refractivity contribution in [3.8, 4) is 5.75 Å². The third kappa shape index (κ3) is 3.03. The van der Waals surface area contributed by atoms with Gasteiger partial charge in [-0.25, -0.2) is 4.79 Å². The van der Waals surface area contributed by atoms with Gasteiger partial charge in [-0.05, 0) is 31.4 Å². The molecule has 0 heterocycles. The van der Waals surface area contributed by atoms with Gasteiger partial charge in [0.05, 0.1) is 12.1 Å².